The summed E-state index contributed by atoms with van der Waals surface area (Å²) >= 11 is 0. The Morgan fingerprint density at radius 3 is 2.47 bits per heavy atom. The average Bonchev–Trinajstić information content (AvgIpc) is 2.37. The number of amides is 1. The van der Waals surface area contributed by atoms with Crippen molar-refractivity contribution in [2.75, 3.05) is 37.4 Å². The summed E-state index contributed by atoms with van der Waals surface area (Å²) in [5.41, 5.74) is 6.55. The lowest BCUT2D eigenvalue weighted by Crippen LogP contribution is -2.43. The van der Waals surface area contributed by atoms with Crippen molar-refractivity contribution < 1.29 is 17.9 Å². The lowest BCUT2D eigenvalue weighted by Gasteiger charge is -2.27. The van der Waals surface area contributed by atoms with Gasteiger partial charge in [-0.2, -0.15) is 0 Å². The van der Waals surface area contributed by atoms with Crippen LogP contribution in [0.4, 0.5) is 5.69 Å². The van der Waals surface area contributed by atoms with E-state index in [-0.39, 0.29) is 30.5 Å². The molecule has 1 fully saturated rings. The molecule has 0 aromatic heterocycles. The second-order valence-electron chi connectivity index (χ2n) is 4.44. The molecule has 0 radical (unpaired) electrons. The van der Waals surface area contributed by atoms with Crippen molar-refractivity contribution in [2.45, 2.75) is 0 Å². The van der Waals surface area contributed by atoms with E-state index in [0.717, 1.165) is 0 Å². The maximum Gasteiger partial charge on any atom is 0.254 e. The first-order valence-electron chi connectivity index (χ1n) is 5.85. The maximum absolute atomic E-state index is 12.3. The smallest absolute Gasteiger partial charge is 0.254 e. The number of benzene rings is 1. The summed E-state index contributed by atoms with van der Waals surface area (Å²) in [6.07, 6.45) is 0. The van der Waals surface area contributed by atoms with Gasteiger partial charge in [-0.15, -0.1) is 0 Å². The molecule has 1 aliphatic heterocycles. The zero-order valence-electron chi connectivity index (χ0n) is 10.6. The Morgan fingerprint density at radius 2 is 1.89 bits per heavy atom. The highest BCUT2D eigenvalue weighted by molar-refractivity contribution is 7.91. The summed E-state index contributed by atoms with van der Waals surface area (Å²) in [7, 11) is -1.50. The molecule has 6 nitrogen and oxygen atoms in total. The van der Waals surface area contributed by atoms with E-state index in [1.165, 1.54) is 12.0 Å². The second-order valence-corrected chi connectivity index (χ2v) is 6.74. The number of nitrogens with two attached hydrogens (primary N) is 1. The third-order valence-corrected chi connectivity index (χ3v) is 4.65. The lowest BCUT2D eigenvalue weighted by molar-refractivity contribution is 0.0770. The van der Waals surface area contributed by atoms with Gasteiger partial charge >= 0.3 is 0 Å². The first-order valence-corrected chi connectivity index (χ1v) is 7.68. The van der Waals surface area contributed by atoms with E-state index in [2.05, 4.69) is 0 Å². The largest absolute Gasteiger partial charge is 0.497 e. The molecule has 0 atom stereocenters. The number of ether oxygens (including phenoxy) is 1. The van der Waals surface area contributed by atoms with Crippen LogP contribution in [0.3, 0.4) is 0 Å². The minimum absolute atomic E-state index is 0.0121. The van der Waals surface area contributed by atoms with Gasteiger partial charge in [-0.25, -0.2) is 8.42 Å². The Kier molecular flexibility index (Phi) is 3.66. The van der Waals surface area contributed by atoms with Gasteiger partial charge in [-0.05, 0) is 12.1 Å². The molecule has 1 heterocycles. The maximum atomic E-state index is 12.3. The van der Waals surface area contributed by atoms with Crippen molar-refractivity contribution >= 4 is 21.4 Å². The van der Waals surface area contributed by atoms with Crippen LogP contribution in [0.15, 0.2) is 18.2 Å². The number of rotatable bonds is 2. The van der Waals surface area contributed by atoms with E-state index in [9.17, 15) is 13.2 Å². The molecular weight excluding hydrogens is 268 g/mol. The third kappa shape index (κ3) is 3.17. The van der Waals surface area contributed by atoms with Gasteiger partial charge in [0.25, 0.3) is 5.91 Å². The summed E-state index contributed by atoms with van der Waals surface area (Å²) in [6.45, 7) is 0.441. The van der Waals surface area contributed by atoms with Gasteiger partial charge < -0.3 is 15.4 Å². The van der Waals surface area contributed by atoms with Crippen molar-refractivity contribution in [1.82, 2.24) is 4.90 Å². The van der Waals surface area contributed by atoms with Crippen LogP contribution in [-0.4, -0.2) is 50.9 Å². The number of hydrogen-bond donors (Lipinski definition) is 1. The summed E-state index contributed by atoms with van der Waals surface area (Å²) in [4.78, 5) is 13.8. The highest BCUT2D eigenvalue weighted by atomic mass is 32.2. The van der Waals surface area contributed by atoms with Crippen molar-refractivity contribution in [3.05, 3.63) is 23.8 Å². The number of carbonyl (C=O) groups is 1. The fourth-order valence-electron chi connectivity index (χ4n) is 1.96. The summed E-state index contributed by atoms with van der Waals surface area (Å²) in [5, 5.41) is 0. The minimum atomic E-state index is -3.00. The Morgan fingerprint density at radius 1 is 1.26 bits per heavy atom. The molecule has 1 aromatic carbocycles. The van der Waals surface area contributed by atoms with E-state index in [4.69, 9.17) is 10.5 Å². The van der Waals surface area contributed by atoms with Gasteiger partial charge in [0.2, 0.25) is 0 Å². The molecule has 1 saturated heterocycles. The average molecular weight is 284 g/mol. The number of methoxy groups -OCH3 is 1. The van der Waals surface area contributed by atoms with E-state index in [0.29, 0.717) is 17.0 Å². The van der Waals surface area contributed by atoms with Crippen LogP contribution in [0, 0.1) is 0 Å². The van der Waals surface area contributed by atoms with Crippen LogP contribution in [0.1, 0.15) is 10.4 Å². The van der Waals surface area contributed by atoms with Gasteiger partial charge in [0.1, 0.15) is 5.75 Å². The predicted molar refractivity (Wildman–Crippen MR) is 72.0 cm³/mol. The minimum Gasteiger partial charge on any atom is -0.497 e. The fourth-order valence-corrected chi connectivity index (χ4v) is 3.16. The van der Waals surface area contributed by atoms with Crippen molar-refractivity contribution in [3.63, 3.8) is 0 Å². The van der Waals surface area contributed by atoms with Gasteiger partial charge in [-0.1, -0.05) is 0 Å². The molecule has 7 heteroatoms. The van der Waals surface area contributed by atoms with Gasteiger partial charge in [-0.3, -0.25) is 4.79 Å². The Bertz CT molecular complexity index is 584. The SMILES string of the molecule is COc1cc(N)cc(C(=O)N2CCS(=O)(=O)CC2)c1. The molecule has 1 aromatic rings. The molecule has 0 bridgehead atoms. The van der Waals surface area contributed by atoms with E-state index >= 15 is 0 Å². The van der Waals surface area contributed by atoms with Crippen molar-refractivity contribution in [2.24, 2.45) is 0 Å². The first kappa shape index (κ1) is 13.7. The number of nitrogens with zero attached hydrogens (tertiary/aromatic N) is 1. The molecule has 2 rings (SSSR count). The molecule has 19 heavy (non-hydrogen) atoms. The van der Waals surface area contributed by atoms with Gasteiger partial charge in [0, 0.05) is 30.4 Å². The van der Waals surface area contributed by atoms with Crippen LogP contribution in [0.5, 0.6) is 5.75 Å². The monoisotopic (exact) mass is 284 g/mol. The number of sulfone groups is 1. The number of nitrogen functional groups attached to an aromatic ring is 1. The molecular formula is C12H16N2O4S. The zero-order chi connectivity index (χ0) is 14.0. The fraction of sp³-hybridized carbons (Fsp3) is 0.417. The Labute approximate surface area is 112 Å². The molecule has 0 aliphatic carbocycles. The van der Waals surface area contributed by atoms with Crippen molar-refractivity contribution in [3.8, 4) is 5.75 Å². The molecule has 0 saturated carbocycles. The summed E-state index contributed by atoms with van der Waals surface area (Å²) in [5.74, 6) is 0.310. The van der Waals surface area contributed by atoms with Crippen LogP contribution in [0.2, 0.25) is 0 Å². The quantitative estimate of drug-likeness (QED) is 0.781. The second kappa shape index (κ2) is 5.08. The number of hydrogen-bond acceptors (Lipinski definition) is 5. The van der Waals surface area contributed by atoms with Crippen LogP contribution >= 0.6 is 0 Å². The van der Waals surface area contributed by atoms with E-state index in [1.54, 1.807) is 18.2 Å². The van der Waals surface area contributed by atoms with Crippen LogP contribution in [-0.2, 0) is 9.84 Å². The van der Waals surface area contributed by atoms with Crippen LogP contribution in [0.25, 0.3) is 0 Å². The van der Waals surface area contributed by atoms with Crippen LogP contribution < -0.4 is 10.5 Å². The highest BCUT2D eigenvalue weighted by Crippen LogP contribution is 2.20. The number of carbonyl (C=O) groups excluding carboxylic acids is 1. The number of anilines is 1. The summed E-state index contributed by atoms with van der Waals surface area (Å²) < 4.78 is 27.7. The molecule has 1 amide bonds. The first-order chi connectivity index (χ1) is 8.91. The molecule has 0 spiro atoms. The van der Waals surface area contributed by atoms with E-state index in [1.807, 2.05) is 0 Å². The van der Waals surface area contributed by atoms with E-state index < -0.39 is 9.84 Å². The zero-order valence-corrected chi connectivity index (χ0v) is 11.4. The molecule has 0 unspecified atom stereocenters. The van der Waals surface area contributed by atoms with Gasteiger partial charge in [0.15, 0.2) is 9.84 Å². The standard InChI is InChI=1S/C12H16N2O4S/c1-18-11-7-9(6-10(13)8-11)12(15)14-2-4-19(16,17)5-3-14/h6-8H,2-5,13H2,1H3. The molecule has 104 valence electrons. The third-order valence-electron chi connectivity index (χ3n) is 3.04. The topological polar surface area (TPSA) is 89.7 Å². The Balaban J connectivity index is 2.18. The van der Waals surface area contributed by atoms with Crippen molar-refractivity contribution in [1.29, 1.82) is 0 Å². The predicted octanol–water partition coefficient (Wildman–Crippen LogP) is 0.148. The summed E-state index contributed by atoms with van der Waals surface area (Å²) in [6, 6.07) is 4.78. The highest BCUT2D eigenvalue weighted by Gasteiger charge is 2.26. The molecule has 1 aliphatic rings. The normalized spacial score (nSPS) is 18.1. The Hall–Kier alpha value is -1.76. The molecule has 2 N–H and O–H groups in total. The van der Waals surface area contributed by atoms with Gasteiger partial charge in [0.05, 0.1) is 18.6 Å². The lowest BCUT2D eigenvalue weighted by atomic mass is 10.1.